The van der Waals surface area contributed by atoms with Crippen molar-refractivity contribution in [3.8, 4) is 0 Å². The Morgan fingerprint density at radius 2 is 2.18 bits per heavy atom. The van der Waals surface area contributed by atoms with Gasteiger partial charge in [-0.25, -0.2) is 0 Å². The van der Waals surface area contributed by atoms with E-state index in [9.17, 15) is 0 Å². The van der Waals surface area contributed by atoms with Crippen LogP contribution in [0, 0.1) is 0 Å². The van der Waals surface area contributed by atoms with E-state index in [0.717, 1.165) is 13.0 Å². The highest BCUT2D eigenvalue weighted by molar-refractivity contribution is 7.10. The lowest BCUT2D eigenvalue weighted by atomic mass is 9.93. The van der Waals surface area contributed by atoms with Gasteiger partial charge in [-0.3, -0.25) is 4.99 Å². The largest absolute Gasteiger partial charge is 0.370 e. The number of nitrogens with one attached hydrogen (secondary N) is 1. The number of ether oxygens (including phenoxy) is 1. The van der Waals surface area contributed by atoms with Crippen molar-refractivity contribution in [2.45, 2.75) is 63.5 Å². The highest BCUT2D eigenvalue weighted by Gasteiger charge is 2.34. The first-order valence-corrected chi connectivity index (χ1v) is 9.33. The first-order chi connectivity index (χ1) is 10.7. The Morgan fingerprint density at radius 3 is 2.95 bits per heavy atom. The molecule has 1 atom stereocenters. The Labute approximate surface area is 137 Å². The van der Waals surface area contributed by atoms with Gasteiger partial charge in [-0.15, -0.1) is 11.3 Å². The van der Waals surface area contributed by atoms with Gasteiger partial charge in [0.25, 0.3) is 0 Å². The molecule has 1 fully saturated rings. The molecule has 0 bridgehead atoms. The number of nitrogens with zero attached hydrogens (tertiary/aromatic N) is 1. The summed E-state index contributed by atoms with van der Waals surface area (Å²) in [5, 5.41) is 5.56. The van der Waals surface area contributed by atoms with E-state index in [2.05, 4.69) is 28.7 Å². The van der Waals surface area contributed by atoms with Gasteiger partial charge < -0.3 is 15.8 Å². The minimum Gasteiger partial charge on any atom is -0.370 e. The average molecular weight is 321 g/mol. The molecule has 0 aromatic carbocycles. The van der Waals surface area contributed by atoms with Crippen molar-refractivity contribution >= 4 is 17.3 Å². The fourth-order valence-electron chi connectivity index (χ4n) is 3.50. The standard InChI is InChI=1S/C17H27N3OS/c1-17(14-9-11-22-15(14)8-10-21-17)12-19-16(18)20-13-6-4-2-3-5-7-13/h9,11,13H,2-8,10,12H2,1H3,(H3,18,19,20). The Bertz CT molecular complexity index is 520. The summed E-state index contributed by atoms with van der Waals surface area (Å²) in [7, 11) is 0. The molecular formula is C17H27N3OS. The van der Waals surface area contributed by atoms with Gasteiger partial charge in [0.05, 0.1) is 13.2 Å². The predicted molar refractivity (Wildman–Crippen MR) is 92.4 cm³/mol. The molecule has 4 nitrogen and oxygen atoms in total. The second kappa shape index (κ2) is 7.01. The molecule has 2 aliphatic rings. The van der Waals surface area contributed by atoms with Crippen molar-refractivity contribution in [2.75, 3.05) is 13.2 Å². The highest BCUT2D eigenvalue weighted by atomic mass is 32.1. The van der Waals surface area contributed by atoms with Gasteiger partial charge in [0.15, 0.2) is 5.96 Å². The molecule has 2 heterocycles. The molecule has 0 radical (unpaired) electrons. The summed E-state index contributed by atoms with van der Waals surface area (Å²) in [4.78, 5) is 6.02. The highest BCUT2D eigenvalue weighted by Crippen LogP contribution is 2.36. The number of hydrogen-bond donors (Lipinski definition) is 2. The lowest BCUT2D eigenvalue weighted by molar-refractivity contribution is -0.0375. The van der Waals surface area contributed by atoms with Gasteiger partial charge in [0.2, 0.25) is 0 Å². The molecule has 1 aliphatic heterocycles. The molecule has 1 aromatic rings. The van der Waals surface area contributed by atoms with Crippen LogP contribution in [0.3, 0.4) is 0 Å². The molecule has 3 N–H and O–H groups in total. The average Bonchev–Trinajstić information content (AvgIpc) is 2.85. The van der Waals surface area contributed by atoms with Crippen molar-refractivity contribution in [1.29, 1.82) is 0 Å². The number of thiophene rings is 1. The molecule has 0 saturated heterocycles. The third-order valence-corrected chi connectivity index (χ3v) is 5.80. The number of aliphatic imine (C=N–C) groups is 1. The van der Waals surface area contributed by atoms with Crippen LogP contribution in [-0.2, 0) is 16.8 Å². The van der Waals surface area contributed by atoms with Gasteiger partial charge in [0.1, 0.15) is 5.60 Å². The van der Waals surface area contributed by atoms with Gasteiger partial charge >= 0.3 is 0 Å². The summed E-state index contributed by atoms with van der Waals surface area (Å²) in [6, 6.07) is 2.66. The van der Waals surface area contributed by atoms with Crippen LogP contribution in [0.1, 0.15) is 55.9 Å². The topological polar surface area (TPSA) is 59.6 Å². The lowest BCUT2D eigenvalue weighted by Gasteiger charge is -2.33. The summed E-state index contributed by atoms with van der Waals surface area (Å²) < 4.78 is 6.03. The van der Waals surface area contributed by atoms with Gasteiger partial charge in [-0.1, -0.05) is 25.7 Å². The number of fused-ring (bicyclic) bond motifs is 1. The first-order valence-electron chi connectivity index (χ1n) is 8.45. The fraction of sp³-hybridized carbons (Fsp3) is 0.706. The van der Waals surface area contributed by atoms with Crippen LogP contribution < -0.4 is 11.1 Å². The van der Waals surface area contributed by atoms with Crippen LogP contribution in [0.15, 0.2) is 16.4 Å². The maximum atomic E-state index is 6.11. The summed E-state index contributed by atoms with van der Waals surface area (Å²) in [5.74, 6) is 0.569. The first kappa shape index (κ1) is 15.8. The second-order valence-corrected chi connectivity index (χ2v) is 7.62. The SMILES string of the molecule is CC1(CN=C(N)NC2CCCCCC2)OCCc2sccc21. The molecule has 1 saturated carbocycles. The maximum Gasteiger partial charge on any atom is 0.188 e. The molecule has 3 rings (SSSR count). The number of rotatable bonds is 3. The number of nitrogens with two attached hydrogens (primary N) is 1. The summed E-state index contributed by atoms with van der Waals surface area (Å²) in [6.45, 7) is 3.48. The van der Waals surface area contributed by atoms with Crippen LogP contribution in [0.2, 0.25) is 0 Å². The smallest absolute Gasteiger partial charge is 0.188 e. The quantitative estimate of drug-likeness (QED) is 0.511. The van der Waals surface area contributed by atoms with Gasteiger partial charge in [-0.05, 0) is 36.8 Å². The van der Waals surface area contributed by atoms with Gasteiger partial charge in [-0.2, -0.15) is 0 Å². The molecule has 5 heteroatoms. The second-order valence-electron chi connectivity index (χ2n) is 6.62. The molecule has 1 aliphatic carbocycles. The van der Waals surface area contributed by atoms with E-state index >= 15 is 0 Å². The summed E-state index contributed by atoms with van der Waals surface area (Å²) in [5.41, 5.74) is 7.07. The van der Waals surface area contributed by atoms with Gasteiger partial charge in [0, 0.05) is 17.3 Å². The fourth-order valence-corrected chi connectivity index (χ4v) is 4.48. The molecule has 122 valence electrons. The Morgan fingerprint density at radius 1 is 1.41 bits per heavy atom. The molecule has 0 amide bonds. The molecule has 1 aromatic heterocycles. The molecule has 22 heavy (non-hydrogen) atoms. The Hall–Kier alpha value is -1.07. The Kier molecular flexibility index (Phi) is 5.03. The molecular weight excluding hydrogens is 294 g/mol. The summed E-state index contributed by atoms with van der Waals surface area (Å²) >= 11 is 1.82. The third kappa shape index (κ3) is 3.63. The van der Waals surface area contributed by atoms with E-state index < -0.39 is 0 Å². The van der Waals surface area contributed by atoms with Crippen molar-refractivity contribution in [2.24, 2.45) is 10.7 Å². The van der Waals surface area contributed by atoms with Crippen LogP contribution in [-0.4, -0.2) is 25.2 Å². The zero-order valence-electron chi connectivity index (χ0n) is 13.4. The van der Waals surface area contributed by atoms with E-state index in [4.69, 9.17) is 10.5 Å². The van der Waals surface area contributed by atoms with Crippen LogP contribution in [0.5, 0.6) is 0 Å². The van der Waals surface area contributed by atoms with Crippen molar-refractivity contribution in [3.63, 3.8) is 0 Å². The van der Waals surface area contributed by atoms with Crippen LogP contribution in [0.25, 0.3) is 0 Å². The molecule has 0 spiro atoms. The van der Waals surface area contributed by atoms with Crippen LogP contribution >= 0.6 is 11.3 Å². The van der Waals surface area contributed by atoms with E-state index in [0.29, 0.717) is 18.5 Å². The third-order valence-electron chi connectivity index (χ3n) is 4.82. The zero-order valence-corrected chi connectivity index (χ0v) is 14.3. The normalized spacial score (nSPS) is 27.2. The van der Waals surface area contributed by atoms with E-state index in [1.165, 1.54) is 49.0 Å². The van der Waals surface area contributed by atoms with Crippen molar-refractivity contribution < 1.29 is 4.74 Å². The maximum absolute atomic E-state index is 6.11. The van der Waals surface area contributed by atoms with E-state index in [-0.39, 0.29) is 5.60 Å². The van der Waals surface area contributed by atoms with Crippen LogP contribution in [0.4, 0.5) is 0 Å². The monoisotopic (exact) mass is 321 g/mol. The van der Waals surface area contributed by atoms with E-state index in [1.807, 2.05) is 11.3 Å². The molecule has 1 unspecified atom stereocenters. The minimum absolute atomic E-state index is 0.330. The van der Waals surface area contributed by atoms with E-state index in [1.54, 1.807) is 0 Å². The minimum atomic E-state index is -0.330. The summed E-state index contributed by atoms with van der Waals surface area (Å²) in [6.07, 6.45) is 8.72. The number of hydrogen-bond acceptors (Lipinski definition) is 3. The Balaban J connectivity index is 1.61. The van der Waals surface area contributed by atoms with Crippen molar-refractivity contribution in [1.82, 2.24) is 5.32 Å². The lowest BCUT2D eigenvalue weighted by Crippen LogP contribution is -2.41. The zero-order chi connectivity index (χ0) is 15.4. The predicted octanol–water partition coefficient (Wildman–Crippen LogP) is 3.16. The van der Waals surface area contributed by atoms with Crippen molar-refractivity contribution in [3.05, 3.63) is 21.9 Å². The number of guanidine groups is 1.